The molecule has 3 fully saturated rings. The number of hydrogen-bond acceptors (Lipinski definition) is 4. The minimum absolute atomic E-state index is 0.241. The first-order valence-electron chi connectivity index (χ1n) is 14.4. The Labute approximate surface area is 236 Å². The van der Waals surface area contributed by atoms with Crippen molar-refractivity contribution in [2.45, 2.75) is 77.9 Å². The van der Waals surface area contributed by atoms with E-state index in [2.05, 4.69) is 41.2 Å². The van der Waals surface area contributed by atoms with Crippen LogP contribution in [-0.2, 0) is 11.3 Å². The van der Waals surface area contributed by atoms with Crippen LogP contribution in [0.4, 0.5) is 0 Å². The third-order valence-electron chi connectivity index (χ3n) is 7.50. The molecule has 3 heterocycles. The number of ether oxygens (including phenoxy) is 1. The highest BCUT2D eigenvalue weighted by Crippen LogP contribution is 2.41. The van der Waals surface area contributed by atoms with Crippen molar-refractivity contribution < 1.29 is 9.84 Å². The second-order valence-corrected chi connectivity index (χ2v) is 11.3. The van der Waals surface area contributed by atoms with Crippen LogP contribution in [-0.4, -0.2) is 66.9 Å². The molecule has 3 aliphatic heterocycles. The molecule has 1 aliphatic carbocycles. The Kier molecular flexibility index (Phi) is 15.4. The molecule has 0 amide bonds. The number of aliphatic hydroxyl groups excluding tert-OH is 1. The summed E-state index contributed by atoms with van der Waals surface area (Å²) in [6, 6.07) is 5.73. The van der Waals surface area contributed by atoms with Crippen molar-refractivity contribution in [3.63, 3.8) is 0 Å². The molecule has 1 aromatic rings. The Morgan fingerprint density at radius 2 is 1.73 bits per heavy atom. The SMILES string of the molecule is CC.CCO.CN1CCC2(CC1)CC(CC1C=CC=CC1)CO2.Clc1ccc(CN2CCCC2)c(Cl)c1. The van der Waals surface area contributed by atoms with Crippen molar-refractivity contribution in [2.75, 3.05) is 46.4 Å². The Balaban J connectivity index is 0.000000227. The smallest absolute Gasteiger partial charge is 0.0710 e. The van der Waals surface area contributed by atoms with Crippen molar-refractivity contribution in [1.82, 2.24) is 9.80 Å². The van der Waals surface area contributed by atoms with Crippen molar-refractivity contribution in [2.24, 2.45) is 11.8 Å². The maximum atomic E-state index is 7.57. The molecule has 1 spiro atoms. The fourth-order valence-electron chi connectivity index (χ4n) is 5.53. The highest BCUT2D eigenvalue weighted by molar-refractivity contribution is 6.35. The molecule has 0 saturated carbocycles. The van der Waals surface area contributed by atoms with Crippen LogP contribution < -0.4 is 0 Å². The van der Waals surface area contributed by atoms with E-state index in [1.165, 1.54) is 76.7 Å². The molecule has 210 valence electrons. The summed E-state index contributed by atoms with van der Waals surface area (Å²) in [5, 5.41) is 9.06. The largest absolute Gasteiger partial charge is 0.397 e. The Hall–Kier alpha value is -0.880. The van der Waals surface area contributed by atoms with E-state index < -0.39 is 0 Å². The van der Waals surface area contributed by atoms with E-state index in [0.29, 0.717) is 5.02 Å². The fraction of sp³-hybridized carbons (Fsp3) is 0.677. The van der Waals surface area contributed by atoms with Gasteiger partial charge < -0.3 is 14.7 Å². The zero-order chi connectivity index (χ0) is 27.1. The zero-order valence-corrected chi connectivity index (χ0v) is 25.1. The minimum atomic E-state index is 0.241. The van der Waals surface area contributed by atoms with Gasteiger partial charge in [0.05, 0.1) is 12.2 Å². The van der Waals surface area contributed by atoms with Gasteiger partial charge in [0.15, 0.2) is 0 Å². The molecule has 1 N–H and O–H groups in total. The minimum Gasteiger partial charge on any atom is -0.397 e. The van der Waals surface area contributed by atoms with Crippen molar-refractivity contribution in [3.05, 3.63) is 58.1 Å². The number of allylic oxidation sites excluding steroid dienone is 4. The van der Waals surface area contributed by atoms with Crippen molar-refractivity contribution in [3.8, 4) is 0 Å². The molecule has 0 bridgehead atoms. The van der Waals surface area contributed by atoms with Gasteiger partial charge in [0.25, 0.3) is 0 Å². The van der Waals surface area contributed by atoms with E-state index in [-0.39, 0.29) is 12.2 Å². The molecule has 3 saturated heterocycles. The number of rotatable bonds is 4. The molecule has 5 rings (SSSR count). The predicted octanol–water partition coefficient (Wildman–Crippen LogP) is 7.62. The Bertz CT molecular complexity index is 815. The summed E-state index contributed by atoms with van der Waals surface area (Å²) in [4.78, 5) is 4.85. The van der Waals surface area contributed by atoms with Crippen LogP contribution in [0.1, 0.15) is 71.3 Å². The topological polar surface area (TPSA) is 35.9 Å². The van der Waals surface area contributed by atoms with Crippen LogP contribution >= 0.6 is 23.2 Å². The second kappa shape index (κ2) is 17.7. The van der Waals surface area contributed by atoms with Gasteiger partial charge in [-0.05, 0) is 102 Å². The lowest BCUT2D eigenvalue weighted by Crippen LogP contribution is -2.42. The van der Waals surface area contributed by atoms with Gasteiger partial charge in [-0.25, -0.2) is 0 Å². The summed E-state index contributed by atoms with van der Waals surface area (Å²) in [7, 11) is 2.22. The molecule has 0 aromatic heterocycles. The lowest BCUT2D eigenvalue weighted by Gasteiger charge is -2.37. The third kappa shape index (κ3) is 11.4. The van der Waals surface area contributed by atoms with Gasteiger partial charge >= 0.3 is 0 Å². The van der Waals surface area contributed by atoms with E-state index in [1.54, 1.807) is 6.92 Å². The summed E-state index contributed by atoms with van der Waals surface area (Å²) in [5.74, 6) is 1.54. The van der Waals surface area contributed by atoms with Crippen LogP contribution in [0, 0.1) is 11.8 Å². The summed E-state index contributed by atoms with van der Waals surface area (Å²) in [6.45, 7) is 12.7. The molecule has 6 heteroatoms. The highest BCUT2D eigenvalue weighted by atomic mass is 35.5. The number of hydrogen-bond donors (Lipinski definition) is 1. The number of aliphatic hydroxyl groups is 1. The van der Waals surface area contributed by atoms with E-state index in [4.69, 9.17) is 33.0 Å². The molecular weight excluding hydrogens is 503 g/mol. The molecule has 2 atom stereocenters. The molecule has 4 nitrogen and oxygen atoms in total. The standard InChI is InChI=1S/C16H25NO.C11H13Cl2N.C2H6O.C2H6/c1-17-9-7-16(8-10-17)12-15(13-18-16)11-14-5-3-2-4-6-14;12-10-4-3-9(11(13)7-10)8-14-5-1-2-6-14;1-2-3;1-2/h2-5,14-15H,6-13H2,1H3;3-4,7H,1-2,5-6,8H2;3H,2H2,1H3;1-2H3. The van der Waals surface area contributed by atoms with Crippen molar-refractivity contribution in [1.29, 1.82) is 0 Å². The average Bonchev–Trinajstić information content (AvgIpc) is 3.56. The lowest BCUT2D eigenvalue weighted by atomic mass is 9.81. The highest BCUT2D eigenvalue weighted by Gasteiger charge is 2.42. The summed E-state index contributed by atoms with van der Waals surface area (Å²) in [5.41, 5.74) is 1.42. The van der Waals surface area contributed by atoms with Gasteiger partial charge in [-0.15, -0.1) is 0 Å². The van der Waals surface area contributed by atoms with Gasteiger partial charge in [0, 0.05) is 36.3 Å². The fourth-order valence-corrected chi connectivity index (χ4v) is 6.00. The number of benzene rings is 1. The lowest BCUT2D eigenvalue weighted by molar-refractivity contribution is -0.0395. The zero-order valence-electron chi connectivity index (χ0n) is 23.6. The molecule has 0 radical (unpaired) electrons. The first kappa shape index (κ1) is 32.3. The van der Waals surface area contributed by atoms with Crippen LogP contribution in [0.15, 0.2) is 42.5 Å². The molecule has 2 unspecified atom stereocenters. The molecule has 37 heavy (non-hydrogen) atoms. The Morgan fingerprint density at radius 1 is 1.05 bits per heavy atom. The van der Waals surface area contributed by atoms with Gasteiger partial charge in [-0.3, -0.25) is 4.90 Å². The van der Waals surface area contributed by atoms with Gasteiger partial charge in [0.2, 0.25) is 0 Å². The first-order chi connectivity index (χ1) is 17.9. The maximum absolute atomic E-state index is 7.57. The first-order valence-corrected chi connectivity index (χ1v) is 15.1. The number of piperidine rings is 1. The maximum Gasteiger partial charge on any atom is 0.0710 e. The van der Waals surface area contributed by atoms with E-state index in [0.717, 1.165) is 30.0 Å². The molecule has 1 aromatic carbocycles. The van der Waals surface area contributed by atoms with Crippen LogP contribution in [0.5, 0.6) is 0 Å². The second-order valence-electron chi connectivity index (χ2n) is 10.4. The van der Waals surface area contributed by atoms with E-state index in [9.17, 15) is 0 Å². The van der Waals surface area contributed by atoms with E-state index in [1.807, 2.05) is 32.0 Å². The van der Waals surface area contributed by atoms with Crippen molar-refractivity contribution >= 4 is 23.2 Å². The number of nitrogens with zero attached hydrogens (tertiary/aromatic N) is 2. The van der Waals surface area contributed by atoms with Crippen LogP contribution in [0.2, 0.25) is 10.0 Å². The molecule has 4 aliphatic rings. The van der Waals surface area contributed by atoms with Gasteiger partial charge in [0.1, 0.15) is 0 Å². The predicted molar refractivity (Wildman–Crippen MR) is 160 cm³/mol. The third-order valence-corrected chi connectivity index (χ3v) is 8.08. The average molecular weight is 554 g/mol. The quantitative estimate of drug-likeness (QED) is 0.416. The monoisotopic (exact) mass is 552 g/mol. The number of likely N-dealkylation sites (tertiary alicyclic amines) is 2. The van der Waals surface area contributed by atoms with Crippen LogP contribution in [0.3, 0.4) is 0 Å². The Morgan fingerprint density at radius 3 is 2.32 bits per heavy atom. The van der Waals surface area contributed by atoms with E-state index >= 15 is 0 Å². The van der Waals surface area contributed by atoms with Crippen LogP contribution in [0.25, 0.3) is 0 Å². The molecular formula is C31H50Cl2N2O2. The normalized spacial score (nSPS) is 24.5. The summed E-state index contributed by atoms with van der Waals surface area (Å²) < 4.78 is 6.22. The van der Waals surface area contributed by atoms with Gasteiger partial charge in [-0.2, -0.15) is 0 Å². The van der Waals surface area contributed by atoms with Gasteiger partial charge in [-0.1, -0.05) is 67.4 Å². The summed E-state index contributed by atoms with van der Waals surface area (Å²) >= 11 is 11.9. The summed E-state index contributed by atoms with van der Waals surface area (Å²) in [6.07, 6.45) is 18.0. The number of halogens is 2.